The number of hydrogen-bond acceptors (Lipinski definition) is 5. The van der Waals surface area contributed by atoms with E-state index in [0.29, 0.717) is 23.5 Å². The van der Waals surface area contributed by atoms with Gasteiger partial charge in [-0.25, -0.2) is 9.78 Å². The molecule has 0 saturated carbocycles. The predicted molar refractivity (Wildman–Crippen MR) is 111 cm³/mol. The Morgan fingerprint density at radius 3 is 2.74 bits per heavy atom. The second-order valence-electron chi connectivity index (χ2n) is 7.82. The van der Waals surface area contributed by atoms with Crippen molar-refractivity contribution in [3.8, 4) is 0 Å². The number of nitrogens with one attached hydrogen (secondary N) is 1. The summed E-state index contributed by atoms with van der Waals surface area (Å²) in [5.41, 5.74) is 1.86. The Morgan fingerprint density at radius 2 is 2.11 bits per heavy atom. The molecule has 0 spiro atoms. The van der Waals surface area contributed by atoms with E-state index in [0.717, 1.165) is 30.0 Å². The van der Waals surface area contributed by atoms with Crippen LogP contribution >= 0.6 is 22.9 Å². The Morgan fingerprint density at radius 1 is 1.37 bits per heavy atom. The van der Waals surface area contributed by atoms with Gasteiger partial charge in [0.25, 0.3) is 0 Å². The quantitative estimate of drug-likeness (QED) is 0.724. The van der Waals surface area contributed by atoms with Crippen LogP contribution in [0.1, 0.15) is 50.0 Å². The Labute approximate surface area is 169 Å². The van der Waals surface area contributed by atoms with Crippen LogP contribution in [0.5, 0.6) is 0 Å². The first-order chi connectivity index (χ1) is 12.8. The summed E-state index contributed by atoms with van der Waals surface area (Å²) >= 11 is 7.34. The van der Waals surface area contributed by atoms with Crippen molar-refractivity contribution in [1.29, 1.82) is 0 Å². The van der Waals surface area contributed by atoms with Crippen molar-refractivity contribution >= 4 is 34.7 Å². The van der Waals surface area contributed by atoms with E-state index in [-0.39, 0.29) is 6.09 Å². The molecule has 27 heavy (non-hydrogen) atoms. The molecule has 1 aromatic carbocycles. The third-order valence-electron chi connectivity index (χ3n) is 4.45. The SMILES string of the molecule is CC(C)(C)OC(=O)N1CCCC(c2ccc(NCc3cnc(Cl)s3)cc2)C1. The number of anilines is 1. The Kier molecular flexibility index (Phi) is 6.27. The highest BCUT2D eigenvalue weighted by Gasteiger charge is 2.28. The van der Waals surface area contributed by atoms with Crippen LogP contribution in [0.15, 0.2) is 30.5 Å². The second kappa shape index (κ2) is 8.48. The van der Waals surface area contributed by atoms with Crippen molar-refractivity contribution in [1.82, 2.24) is 9.88 Å². The van der Waals surface area contributed by atoms with Crippen LogP contribution in [0, 0.1) is 0 Å². The molecule has 0 bridgehead atoms. The molecule has 1 N–H and O–H groups in total. The third kappa shape index (κ3) is 5.84. The molecule has 1 amide bonds. The molecule has 1 aromatic heterocycles. The number of benzene rings is 1. The number of carbonyl (C=O) groups excluding carboxylic acids is 1. The maximum atomic E-state index is 12.3. The van der Waals surface area contributed by atoms with Gasteiger partial charge in [-0.15, -0.1) is 11.3 Å². The topological polar surface area (TPSA) is 54.5 Å². The van der Waals surface area contributed by atoms with Gasteiger partial charge < -0.3 is 15.0 Å². The lowest BCUT2D eigenvalue weighted by molar-refractivity contribution is 0.0198. The van der Waals surface area contributed by atoms with Crippen LogP contribution in [0.3, 0.4) is 0 Å². The van der Waals surface area contributed by atoms with Gasteiger partial charge >= 0.3 is 6.09 Å². The van der Waals surface area contributed by atoms with Crippen molar-refractivity contribution in [2.24, 2.45) is 0 Å². The molecule has 1 aliphatic heterocycles. The summed E-state index contributed by atoms with van der Waals surface area (Å²) in [6.45, 7) is 7.89. The second-order valence-corrected chi connectivity index (χ2v) is 9.52. The summed E-state index contributed by atoms with van der Waals surface area (Å²) in [6, 6.07) is 8.46. The highest BCUT2D eigenvalue weighted by molar-refractivity contribution is 7.15. The van der Waals surface area contributed by atoms with Crippen LogP contribution in [-0.2, 0) is 11.3 Å². The summed E-state index contributed by atoms with van der Waals surface area (Å²) in [4.78, 5) is 19.3. The summed E-state index contributed by atoms with van der Waals surface area (Å²) in [6.07, 6.45) is 3.66. The minimum Gasteiger partial charge on any atom is -0.444 e. The van der Waals surface area contributed by atoms with E-state index in [9.17, 15) is 4.79 Å². The zero-order valence-corrected chi connectivity index (χ0v) is 17.6. The smallest absolute Gasteiger partial charge is 0.410 e. The summed E-state index contributed by atoms with van der Waals surface area (Å²) < 4.78 is 6.08. The molecule has 1 atom stereocenters. The van der Waals surface area contributed by atoms with Gasteiger partial charge in [-0.3, -0.25) is 0 Å². The maximum Gasteiger partial charge on any atom is 0.410 e. The lowest BCUT2D eigenvalue weighted by Gasteiger charge is -2.34. The highest BCUT2D eigenvalue weighted by atomic mass is 35.5. The number of aromatic nitrogens is 1. The average Bonchev–Trinajstić information content (AvgIpc) is 3.04. The number of amides is 1. The molecule has 2 aromatic rings. The van der Waals surface area contributed by atoms with Gasteiger partial charge in [0.1, 0.15) is 5.60 Å². The predicted octanol–water partition coefficient (Wildman–Crippen LogP) is 5.52. The largest absolute Gasteiger partial charge is 0.444 e. The molecular weight excluding hydrogens is 382 g/mol. The highest BCUT2D eigenvalue weighted by Crippen LogP contribution is 2.29. The molecule has 7 heteroatoms. The Balaban J connectivity index is 1.56. The number of piperidine rings is 1. The Bertz CT molecular complexity index is 770. The van der Waals surface area contributed by atoms with Crippen LogP contribution in [-0.4, -0.2) is 34.7 Å². The molecular formula is C20H26ClN3O2S. The van der Waals surface area contributed by atoms with Crippen LogP contribution in [0.25, 0.3) is 0 Å². The van der Waals surface area contributed by atoms with Crippen LogP contribution in [0.2, 0.25) is 4.47 Å². The number of ether oxygens (including phenoxy) is 1. The number of carbonyl (C=O) groups is 1. The van der Waals surface area contributed by atoms with Crippen molar-refractivity contribution < 1.29 is 9.53 Å². The fraction of sp³-hybridized carbons (Fsp3) is 0.500. The molecule has 1 saturated heterocycles. The first-order valence-electron chi connectivity index (χ1n) is 9.22. The Hall–Kier alpha value is -1.79. The molecule has 1 fully saturated rings. The maximum absolute atomic E-state index is 12.3. The van der Waals surface area contributed by atoms with Crippen molar-refractivity contribution in [2.75, 3.05) is 18.4 Å². The normalized spacial score (nSPS) is 17.6. The van der Waals surface area contributed by atoms with E-state index in [1.165, 1.54) is 16.9 Å². The number of hydrogen-bond donors (Lipinski definition) is 1. The van der Waals surface area contributed by atoms with Gasteiger partial charge in [0.05, 0.1) is 6.54 Å². The zero-order valence-electron chi connectivity index (χ0n) is 16.0. The molecule has 2 heterocycles. The number of nitrogens with zero attached hydrogens (tertiary/aromatic N) is 2. The lowest BCUT2D eigenvalue weighted by Crippen LogP contribution is -2.42. The van der Waals surface area contributed by atoms with Gasteiger partial charge in [0.15, 0.2) is 4.47 Å². The summed E-state index contributed by atoms with van der Waals surface area (Å²) in [5, 5.41) is 3.38. The van der Waals surface area contributed by atoms with E-state index in [2.05, 4.69) is 34.6 Å². The minimum absolute atomic E-state index is 0.214. The molecule has 0 radical (unpaired) electrons. The van der Waals surface area contributed by atoms with Gasteiger partial charge in [0, 0.05) is 35.8 Å². The van der Waals surface area contributed by atoms with Gasteiger partial charge in [0.2, 0.25) is 0 Å². The molecule has 1 aliphatic rings. The molecule has 0 aliphatic carbocycles. The van der Waals surface area contributed by atoms with E-state index >= 15 is 0 Å². The number of rotatable bonds is 4. The van der Waals surface area contributed by atoms with E-state index in [4.69, 9.17) is 16.3 Å². The monoisotopic (exact) mass is 407 g/mol. The minimum atomic E-state index is -0.459. The first-order valence-corrected chi connectivity index (χ1v) is 10.4. The van der Waals surface area contributed by atoms with Gasteiger partial charge in [-0.05, 0) is 51.3 Å². The fourth-order valence-corrected chi connectivity index (χ4v) is 4.09. The third-order valence-corrected chi connectivity index (χ3v) is 5.56. The van der Waals surface area contributed by atoms with E-state index < -0.39 is 5.60 Å². The molecule has 3 rings (SSSR count). The summed E-state index contributed by atoms with van der Waals surface area (Å²) in [5.74, 6) is 0.348. The molecule has 5 nitrogen and oxygen atoms in total. The standard InChI is InChI=1S/C20H26ClN3O2S/c1-20(2,3)26-19(25)24-10-4-5-15(13-24)14-6-8-16(9-7-14)22-11-17-12-23-18(21)27-17/h6-9,12,15,22H,4-5,10-11,13H2,1-3H3. The lowest BCUT2D eigenvalue weighted by atomic mass is 9.90. The number of halogens is 1. The average molecular weight is 408 g/mol. The van der Waals surface area contributed by atoms with Crippen LogP contribution < -0.4 is 5.32 Å². The number of likely N-dealkylation sites (tertiary alicyclic amines) is 1. The summed E-state index contributed by atoms with van der Waals surface area (Å²) in [7, 11) is 0. The van der Waals surface area contributed by atoms with Crippen LogP contribution in [0.4, 0.5) is 10.5 Å². The first kappa shape index (κ1) is 20.0. The van der Waals surface area contributed by atoms with Crippen molar-refractivity contribution in [3.63, 3.8) is 0 Å². The molecule has 1 unspecified atom stereocenters. The number of thiazole rings is 1. The van der Waals surface area contributed by atoms with Gasteiger partial charge in [-0.2, -0.15) is 0 Å². The zero-order chi connectivity index (χ0) is 19.4. The van der Waals surface area contributed by atoms with Crippen molar-refractivity contribution in [3.05, 3.63) is 45.4 Å². The fourth-order valence-electron chi connectivity index (χ4n) is 3.17. The van der Waals surface area contributed by atoms with E-state index in [1.807, 2.05) is 25.7 Å². The van der Waals surface area contributed by atoms with Crippen molar-refractivity contribution in [2.45, 2.75) is 51.7 Å². The van der Waals surface area contributed by atoms with E-state index in [1.54, 1.807) is 6.20 Å². The molecule has 146 valence electrons. The van der Waals surface area contributed by atoms with Gasteiger partial charge in [-0.1, -0.05) is 23.7 Å².